The van der Waals surface area contributed by atoms with Gasteiger partial charge >= 0.3 is 0 Å². The van der Waals surface area contributed by atoms with Crippen molar-refractivity contribution in [3.05, 3.63) is 104 Å². The van der Waals surface area contributed by atoms with E-state index in [4.69, 9.17) is 32.7 Å². The molecule has 36 heavy (non-hydrogen) atoms. The third kappa shape index (κ3) is 4.49. The Balaban J connectivity index is 1.70. The quantitative estimate of drug-likeness (QED) is 0.201. The van der Waals surface area contributed by atoms with Crippen LogP contribution in [0.15, 0.2) is 81.7 Å². The van der Waals surface area contributed by atoms with Crippen molar-refractivity contribution in [3.8, 4) is 28.5 Å². The van der Waals surface area contributed by atoms with Crippen LogP contribution in [-0.2, 0) is 11.8 Å². The lowest BCUT2D eigenvalue weighted by Gasteiger charge is -2.20. The minimum Gasteiger partial charge on any atom is -0.418 e. The molecule has 0 atom stereocenters. The SMILES string of the molecule is CCc1c(-c2nnc(C(C)(C)c3ccccc3)o2)nn(-c2ccc(Cl)cc2Cl)c1-c1ccc(Br)cc1. The van der Waals surface area contributed by atoms with E-state index in [1.807, 2.05) is 53.2 Å². The monoisotopic (exact) mass is 580 g/mol. The van der Waals surface area contributed by atoms with Gasteiger partial charge in [0.15, 0.2) is 5.69 Å². The van der Waals surface area contributed by atoms with Gasteiger partial charge in [0.2, 0.25) is 5.89 Å². The number of rotatable bonds is 6. The average molecular weight is 582 g/mol. The van der Waals surface area contributed by atoms with Crippen LogP contribution in [0.5, 0.6) is 0 Å². The summed E-state index contributed by atoms with van der Waals surface area (Å²) < 4.78 is 9.11. The topological polar surface area (TPSA) is 56.7 Å². The maximum absolute atomic E-state index is 6.63. The van der Waals surface area contributed by atoms with Gasteiger partial charge in [0.05, 0.1) is 21.8 Å². The maximum atomic E-state index is 6.63. The van der Waals surface area contributed by atoms with Crippen molar-refractivity contribution < 1.29 is 4.42 Å². The fourth-order valence-electron chi connectivity index (χ4n) is 4.24. The molecule has 2 aromatic heterocycles. The van der Waals surface area contributed by atoms with Crippen LogP contribution in [0.4, 0.5) is 0 Å². The number of hydrogen-bond acceptors (Lipinski definition) is 4. The minimum absolute atomic E-state index is 0.369. The molecule has 5 rings (SSSR count). The lowest BCUT2D eigenvalue weighted by Crippen LogP contribution is -2.19. The smallest absolute Gasteiger partial charge is 0.268 e. The van der Waals surface area contributed by atoms with Crippen LogP contribution in [0.2, 0.25) is 10.0 Å². The van der Waals surface area contributed by atoms with E-state index in [1.54, 1.807) is 12.1 Å². The molecular formula is C28H23BrCl2N4O. The third-order valence-corrected chi connectivity index (χ3v) is 7.32. The molecule has 8 heteroatoms. The van der Waals surface area contributed by atoms with Crippen LogP contribution in [0.1, 0.15) is 37.8 Å². The molecule has 0 bridgehead atoms. The lowest BCUT2D eigenvalue weighted by atomic mass is 9.85. The first-order valence-electron chi connectivity index (χ1n) is 11.5. The number of aromatic nitrogens is 4. The summed E-state index contributed by atoms with van der Waals surface area (Å²) in [5.41, 5.74) is 4.85. The summed E-state index contributed by atoms with van der Waals surface area (Å²) in [6.07, 6.45) is 0.700. The summed E-state index contributed by atoms with van der Waals surface area (Å²) in [5.74, 6) is 0.892. The molecular weight excluding hydrogens is 559 g/mol. The van der Waals surface area contributed by atoms with Crippen LogP contribution >= 0.6 is 39.1 Å². The summed E-state index contributed by atoms with van der Waals surface area (Å²) >= 11 is 16.3. The van der Waals surface area contributed by atoms with Crippen molar-refractivity contribution in [3.63, 3.8) is 0 Å². The highest BCUT2D eigenvalue weighted by Crippen LogP contribution is 2.38. The molecule has 3 aromatic carbocycles. The second-order valence-corrected chi connectivity index (χ2v) is 10.7. The zero-order valence-corrected chi connectivity index (χ0v) is 23.1. The Morgan fingerprint density at radius 1 is 0.944 bits per heavy atom. The Hall–Kier alpha value is -2.93. The van der Waals surface area contributed by atoms with Gasteiger partial charge in [-0.15, -0.1) is 10.2 Å². The van der Waals surface area contributed by atoms with Gasteiger partial charge in [-0.05, 0) is 56.2 Å². The second kappa shape index (κ2) is 9.85. The number of hydrogen-bond donors (Lipinski definition) is 0. The number of halogens is 3. The van der Waals surface area contributed by atoms with Gasteiger partial charge in [0.25, 0.3) is 5.89 Å². The summed E-state index contributed by atoms with van der Waals surface area (Å²) in [6.45, 7) is 6.22. The fourth-order valence-corrected chi connectivity index (χ4v) is 4.99. The number of nitrogens with zero attached hydrogens (tertiary/aromatic N) is 4. The van der Waals surface area contributed by atoms with E-state index in [2.05, 4.69) is 59.0 Å². The molecule has 0 saturated heterocycles. The Labute approximate surface area is 228 Å². The molecule has 5 nitrogen and oxygen atoms in total. The summed E-state index contributed by atoms with van der Waals surface area (Å²) in [7, 11) is 0. The highest BCUT2D eigenvalue weighted by Gasteiger charge is 2.31. The van der Waals surface area contributed by atoms with Crippen LogP contribution in [0.3, 0.4) is 0 Å². The first kappa shape index (κ1) is 24.8. The highest BCUT2D eigenvalue weighted by atomic mass is 79.9. The number of benzene rings is 3. The van der Waals surface area contributed by atoms with Crippen LogP contribution in [-0.4, -0.2) is 20.0 Å². The standard InChI is InChI=1S/C28H23BrCl2N4O/c1-4-21-24(26-32-33-27(36-26)28(2,3)18-8-6-5-7-9-18)34-35(23-15-14-20(30)16-22(23)31)25(21)17-10-12-19(29)13-11-17/h5-16H,4H2,1-3H3. The predicted octanol–water partition coefficient (Wildman–Crippen LogP) is 8.55. The van der Waals surface area contributed by atoms with Gasteiger partial charge in [-0.25, -0.2) is 4.68 Å². The molecule has 182 valence electrons. The molecule has 2 heterocycles. The van der Waals surface area contributed by atoms with Crippen LogP contribution in [0.25, 0.3) is 28.5 Å². The van der Waals surface area contributed by atoms with Crippen molar-refractivity contribution in [1.82, 2.24) is 20.0 Å². The van der Waals surface area contributed by atoms with E-state index in [0.717, 1.165) is 26.9 Å². The van der Waals surface area contributed by atoms with Crippen LogP contribution < -0.4 is 0 Å². The molecule has 0 fully saturated rings. The van der Waals surface area contributed by atoms with Gasteiger partial charge in [-0.1, -0.05) is 88.5 Å². The first-order valence-corrected chi connectivity index (χ1v) is 13.1. The van der Waals surface area contributed by atoms with Crippen molar-refractivity contribution in [2.45, 2.75) is 32.6 Å². The second-order valence-electron chi connectivity index (χ2n) is 8.95. The van der Waals surface area contributed by atoms with Gasteiger partial charge < -0.3 is 4.42 Å². The Morgan fingerprint density at radius 3 is 2.33 bits per heavy atom. The molecule has 0 saturated carbocycles. The zero-order valence-electron chi connectivity index (χ0n) is 20.0. The first-order chi connectivity index (χ1) is 17.3. The summed E-state index contributed by atoms with van der Waals surface area (Å²) in [6, 6.07) is 23.6. The molecule has 0 unspecified atom stereocenters. The average Bonchev–Trinajstić information content (AvgIpc) is 3.51. The Morgan fingerprint density at radius 2 is 1.67 bits per heavy atom. The molecule has 0 N–H and O–H groups in total. The Kier molecular flexibility index (Phi) is 6.77. The highest BCUT2D eigenvalue weighted by molar-refractivity contribution is 9.10. The van der Waals surface area contributed by atoms with Crippen molar-refractivity contribution in [1.29, 1.82) is 0 Å². The van der Waals surface area contributed by atoms with E-state index in [1.165, 1.54) is 0 Å². The molecule has 0 aliphatic carbocycles. The van der Waals surface area contributed by atoms with Crippen molar-refractivity contribution in [2.24, 2.45) is 0 Å². The van der Waals surface area contributed by atoms with Gasteiger partial charge in [0, 0.05) is 20.6 Å². The fraction of sp³-hybridized carbons (Fsp3) is 0.179. The summed E-state index contributed by atoms with van der Waals surface area (Å²) in [4.78, 5) is 0. The van der Waals surface area contributed by atoms with Gasteiger partial charge in [0.1, 0.15) is 0 Å². The third-order valence-electron chi connectivity index (χ3n) is 6.25. The molecule has 5 aromatic rings. The normalized spacial score (nSPS) is 11.7. The maximum Gasteiger partial charge on any atom is 0.268 e. The molecule has 0 amide bonds. The van der Waals surface area contributed by atoms with E-state index in [9.17, 15) is 0 Å². The molecule has 0 radical (unpaired) electrons. The van der Waals surface area contributed by atoms with E-state index < -0.39 is 5.41 Å². The minimum atomic E-state index is -0.463. The van der Waals surface area contributed by atoms with Gasteiger partial charge in [-0.2, -0.15) is 5.10 Å². The van der Waals surface area contributed by atoms with E-state index in [-0.39, 0.29) is 0 Å². The van der Waals surface area contributed by atoms with E-state index >= 15 is 0 Å². The summed E-state index contributed by atoms with van der Waals surface area (Å²) in [5, 5.41) is 14.9. The molecule has 0 spiro atoms. The lowest BCUT2D eigenvalue weighted by molar-refractivity contribution is 0.419. The zero-order chi connectivity index (χ0) is 25.4. The van der Waals surface area contributed by atoms with Gasteiger partial charge in [-0.3, -0.25) is 0 Å². The predicted molar refractivity (Wildman–Crippen MR) is 148 cm³/mol. The largest absolute Gasteiger partial charge is 0.418 e. The van der Waals surface area contributed by atoms with Crippen molar-refractivity contribution in [2.75, 3.05) is 0 Å². The molecule has 0 aliphatic rings. The van der Waals surface area contributed by atoms with Crippen molar-refractivity contribution >= 4 is 39.1 Å². The Bertz CT molecular complexity index is 1530. The molecule has 0 aliphatic heterocycles. The van der Waals surface area contributed by atoms with E-state index in [0.29, 0.717) is 39.6 Å². The van der Waals surface area contributed by atoms with Crippen LogP contribution in [0, 0.1) is 0 Å².